The zero-order valence-corrected chi connectivity index (χ0v) is 12.9. The van der Waals surface area contributed by atoms with Crippen LogP contribution >= 0.6 is 0 Å². The van der Waals surface area contributed by atoms with E-state index in [2.05, 4.69) is 9.72 Å². The molecule has 0 aliphatic heterocycles. The van der Waals surface area contributed by atoms with Crippen molar-refractivity contribution in [1.82, 2.24) is 4.98 Å². The van der Waals surface area contributed by atoms with Crippen LogP contribution in [0, 0.1) is 0 Å². The van der Waals surface area contributed by atoms with Crippen molar-refractivity contribution in [2.24, 2.45) is 0 Å². The highest BCUT2D eigenvalue weighted by Crippen LogP contribution is 2.33. The third-order valence-corrected chi connectivity index (χ3v) is 3.29. The van der Waals surface area contributed by atoms with Crippen LogP contribution in [0.2, 0.25) is 0 Å². The number of benzene rings is 1. The second-order valence-corrected chi connectivity index (χ2v) is 5.06. The molecule has 0 saturated carbocycles. The van der Waals surface area contributed by atoms with E-state index < -0.39 is 23.5 Å². The molecule has 0 spiro atoms. The molecule has 0 aliphatic carbocycles. The summed E-state index contributed by atoms with van der Waals surface area (Å²) in [6, 6.07) is 3.01. The number of methoxy groups -OCH3 is 1. The van der Waals surface area contributed by atoms with E-state index in [4.69, 9.17) is 4.42 Å². The summed E-state index contributed by atoms with van der Waals surface area (Å²) < 4.78 is 48.6. The maximum Gasteiger partial charge on any atom is 0.416 e. The molecule has 0 aliphatic rings. The smallest absolute Gasteiger partial charge is 0.416 e. The van der Waals surface area contributed by atoms with Crippen LogP contribution in [0.5, 0.6) is 0 Å². The van der Waals surface area contributed by atoms with Gasteiger partial charge in [-0.25, -0.2) is 4.98 Å². The summed E-state index contributed by atoms with van der Waals surface area (Å²) in [5.74, 6) is -0.748. The van der Waals surface area contributed by atoms with Crippen LogP contribution in [-0.4, -0.2) is 23.8 Å². The Labute approximate surface area is 135 Å². The Bertz CT molecular complexity index is 765. The van der Waals surface area contributed by atoms with Gasteiger partial charge in [-0.3, -0.25) is 9.59 Å². The quantitative estimate of drug-likeness (QED) is 0.613. The number of esters is 1. The van der Waals surface area contributed by atoms with Gasteiger partial charge in [0, 0.05) is 17.5 Å². The van der Waals surface area contributed by atoms with Crippen molar-refractivity contribution in [3.63, 3.8) is 0 Å². The first-order chi connectivity index (χ1) is 11.2. The predicted molar refractivity (Wildman–Crippen MR) is 77.3 cm³/mol. The van der Waals surface area contributed by atoms with Gasteiger partial charge >= 0.3 is 12.1 Å². The molecule has 2 rings (SSSR count). The summed E-state index contributed by atoms with van der Waals surface area (Å²) >= 11 is 0. The SMILES string of the molecule is COC(=O)CCc1nc(-c2cc(C(C)=O)cc(C(F)(F)F)c2)co1. The number of hydrogen-bond donors (Lipinski definition) is 0. The number of rotatable bonds is 5. The minimum absolute atomic E-state index is 0.0394. The molecule has 1 aromatic heterocycles. The molecule has 1 heterocycles. The normalized spacial score (nSPS) is 11.4. The van der Waals surface area contributed by atoms with Crippen LogP contribution in [0.15, 0.2) is 28.9 Å². The maximum atomic E-state index is 13.0. The van der Waals surface area contributed by atoms with Crippen molar-refractivity contribution < 1.29 is 31.9 Å². The molecule has 0 amide bonds. The Morgan fingerprint density at radius 2 is 1.96 bits per heavy atom. The molecule has 0 saturated heterocycles. The van der Waals surface area contributed by atoms with E-state index in [9.17, 15) is 22.8 Å². The second kappa shape index (κ2) is 6.86. The first-order valence-electron chi connectivity index (χ1n) is 6.95. The molecule has 0 bridgehead atoms. The standard InChI is InChI=1S/C16H14F3NO4/c1-9(21)10-5-11(7-12(6-10)16(17,18)19)13-8-24-14(20-13)3-4-15(22)23-2/h5-8H,3-4H2,1-2H3. The van der Waals surface area contributed by atoms with Crippen molar-refractivity contribution in [3.8, 4) is 11.3 Å². The molecule has 24 heavy (non-hydrogen) atoms. The molecule has 0 atom stereocenters. The van der Waals surface area contributed by atoms with Crippen molar-refractivity contribution in [1.29, 1.82) is 0 Å². The van der Waals surface area contributed by atoms with Gasteiger partial charge in [0.15, 0.2) is 11.7 Å². The van der Waals surface area contributed by atoms with Gasteiger partial charge in [0.25, 0.3) is 0 Å². The lowest BCUT2D eigenvalue weighted by molar-refractivity contribution is -0.140. The van der Waals surface area contributed by atoms with Crippen LogP contribution in [-0.2, 0) is 22.1 Å². The van der Waals surface area contributed by atoms with E-state index in [0.29, 0.717) is 0 Å². The third kappa shape index (κ3) is 4.21. The number of aromatic nitrogens is 1. The fourth-order valence-electron chi connectivity index (χ4n) is 2.01. The Morgan fingerprint density at radius 3 is 2.54 bits per heavy atom. The topological polar surface area (TPSA) is 69.4 Å². The molecule has 0 radical (unpaired) electrons. The lowest BCUT2D eigenvalue weighted by atomic mass is 10.0. The molecule has 8 heteroatoms. The van der Waals surface area contributed by atoms with Crippen molar-refractivity contribution in [2.75, 3.05) is 7.11 Å². The first kappa shape index (κ1) is 17.7. The van der Waals surface area contributed by atoms with E-state index in [1.165, 1.54) is 26.4 Å². The Hall–Kier alpha value is -2.64. The molecule has 2 aromatic rings. The number of carbonyl (C=O) groups is 2. The van der Waals surface area contributed by atoms with Crippen molar-refractivity contribution in [2.45, 2.75) is 25.9 Å². The molecule has 0 unspecified atom stereocenters. The van der Waals surface area contributed by atoms with E-state index in [0.717, 1.165) is 12.1 Å². The van der Waals surface area contributed by atoms with E-state index in [1.807, 2.05) is 0 Å². The summed E-state index contributed by atoms with van der Waals surface area (Å²) in [6.07, 6.45) is -3.20. The number of hydrogen-bond acceptors (Lipinski definition) is 5. The average molecular weight is 341 g/mol. The van der Waals surface area contributed by atoms with E-state index in [1.54, 1.807) is 0 Å². The maximum absolute atomic E-state index is 13.0. The Morgan fingerprint density at radius 1 is 1.25 bits per heavy atom. The molecule has 5 nitrogen and oxygen atoms in total. The monoisotopic (exact) mass is 341 g/mol. The summed E-state index contributed by atoms with van der Waals surface area (Å²) in [7, 11) is 1.25. The summed E-state index contributed by atoms with van der Waals surface area (Å²) in [5, 5.41) is 0. The van der Waals surface area contributed by atoms with Crippen LogP contribution < -0.4 is 0 Å². The molecule has 128 valence electrons. The van der Waals surface area contributed by atoms with Gasteiger partial charge in [-0.2, -0.15) is 13.2 Å². The number of Topliss-reactive ketones (excluding diaryl/α,β-unsaturated/α-hetero) is 1. The number of halogens is 3. The molecule has 0 fully saturated rings. The van der Waals surface area contributed by atoms with Gasteiger partial charge < -0.3 is 9.15 Å². The minimum Gasteiger partial charge on any atom is -0.469 e. The van der Waals surface area contributed by atoms with Gasteiger partial charge in [-0.05, 0) is 25.1 Å². The highest BCUT2D eigenvalue weighted by Gasteiger charge is 2.32. The van der Waals surface area contributed by atoms with Gasteiger partial charge in [0.05, 0.1) is 19.1 Å². The highest BCUT2D eigenvalue weighted by molar-refractivity contribution is 5.95. The van der Waals surface area contributed by atoms with Crippen molar-refractivity contribution >= 4 is 11.8 Å². The average Bonchev–Trinajstić information content (AvgIpc) is 3.00. The van der Waals surface area contributed by atoms with Crippen LogP contribution in [0.4, 0.5) is 13.2 Å². The fourth-order valence-corrected chi connectivity index (χ4v) is 2.01. The number of ketones is 1. The summed E-state index contributed by atoms with van der Waals surface area (Å²) in [5.41, 5.74) is -0.741. The summed E-state index contributed by atoms with van der Waals surface area (Å²) in [6.45, 7) is 1.18. The van der Waals surface area contributed by atoms with Crippen molar-refractivity contribution in [3.05, 3.63) is 41.5 Å². The van der Waals surface area contributed by atoms with Gasteiger partial charge in [-0.15, -0.1) is 0 Å². The predicted octanol–water partition coefficient (Wildman–Crippen LogP) is 3.67. The van der Waals surface area contributed by atoms with Gasteiger partial charge in [0.2, 0.25) is 0 Å². The van der Waals surface area contributed by atoms with Crippen LogP contribution in [0.1, 0.15) is 35.2 Å². The fraction of sp³-hybridized carbons (Fsp3) is 0.312. The number of carbonyl (C=O) groups excluding carboxylic acids is 2. The van der Waals surface area contributed by atoms with Gasteiger partial charge in [0.1, 0.15) is 12.0 Å². The second-order valence-electron chi connectivity index (χ2n) is 5.06. The Balaban J connectivity index is 2.34. The minimum atomic E-state index is -4.59. The molecule has 0 N–H and O–H groups in total. The first-order valence-corrected chi connectivity index (χ1v) is 6.95. The molecule has 1 aromatic carbocycles. The summed E-state index contributed by atoms with van der Waals surface area (Å²) in [4.78, 5) is 26.6. The number of aryl methyl sites for hydroxylation is 1. The number of alkyl halides is 3. The lowest BCUT2D eigenvalue weighted by Gasteiger charge is -2.10. The molecular formula is C16H14F3NO4. The number of oxazole rings is 1. The zero-order valence-electron chi connectivity index (χ0n) is 12.9. The van der Waals surface area contributed by atoms with E-state index in [-0.39, 0.29) is 35.6 Å². The Kier molecular flexibility index (Phi) is 5.06. The lowest BCUT2D eigenvalue weighted by Crippen LogP contribution is -2.07. The largest absolute Gasteiger partial charge is 0.469 e. The van der Waals surface area contributed by atoms with Crippen LogP contribution in [0.25, 0.3) is 11.3 Å². The van der Waals surface area contributed by atoms with E-state index >= 15 is 0 Å². The van der Waals surface area contributed by atoms with Gasteiger partial charge in [-0.1, -0.05) is 0 Å². The zero-order chi connectivity index (χ0) is 17.9. The number of nitrogens with zero attached hydrogens (tertiary/aromatic N) is 1. The third-order valence-electron chi connectivity index (χ3n) is 3.29. The molecular weight excluding hydrogens is 327 g/mol. The van der Waals surface area contributed by atoms with Crippen LogP contribution in [0.3, 0.4) is 0 Å². The highest BCUT2D eigenvalue weighted by atomic mass is 19.4. The number of ether oxygens (including phenoxy) is 1.